The van der Waals surface area contributed by atoms with Crippen LogP contribution in [0, 0.1) is 0 Å². The van der Waals surface area contributed by atoms with E-state index < -0.39 is 12.0 Å². The van der Waals surface area contributed by atoms with E-state index in [1.54, 1.807) is 33.1 Å². The minimum atomic E-state index is -0.820. The molecule has 9 heteroatoms. The Hall–Kier alpha value is -3.69. The van der Waals surface area contributed by atoms with Crippen LogP contribution in [0.3, 0.4) is 0 Å². The number of fused-ring (bicyclic) bond motifs is 1. The molecule has 2 aromatic carbocycles. The van der Waals surface area contributed by atoms with Crippen LogP contribution in [0.5, 0.6) is 5.75 Å². The summed E-state index contributed by atoms with van der Waals surface area (Å²) < 4.78 is 20.0. The van der Waals surface area contributed by atoms with Gasteiger partial charge < -0.3 is 13.9 Å². The molecule has 1 aliphatic heterocycles. The zero-order valence-corrected chi connectivity index (χ0v) is 22.8. The van der Waals surface area contributed by atoms with E-state index in [0.717, 1.165) is 15.6 Å². The van der Waals surface area contributed by atoms with Crippen LogP contribution < -0.4 is 19.6 Å². The van der Waals surface area contributed by atoms with Gasteiger partial charge in [-0.25, -0.2) is 9.79 Å². The van der Waals surface area contributed by atoms with Gasteiger partial charge in [0.05, 0.1) is 29.5 Å². The number of hydrogen-bond donors (Lipinski definition) is 0. The predicted molar refractivity (Wildman–Crippen MR) is 145 cm³/mol. The Bertz CT molecular complexity index is 1700. The topological polar surface area (TPSA) is 83.0 Å². The molecule has 0 amide bonds. The van der Waals surface area contributed by atoms with E-state index in [2.05, 4.69) is 20.9 Å². The Morgan fingerprint density at radius 1 is 1.16 bits per heavy atom. The molecular formula is C28H23BrN2O5S. The van der Waals surface area contributed by atoms with Crippen molar-refractivity contribution in [3.8, 4) is 17.1 Å². The first kappa shape index (κ1) is 25.0. The van der Waals surface area contributed by atoms with Gasteiger partial charge in [0.1, 0.15) is 23.3 Å². The number of esters is 1. The highest BCUT2D eigenvalue weighted by Gasteiger charge is 2.35. The number of furan rings is 1. The van der Waals surface area contributed by atoms with E-state index in [1.807, 2.05) is 54.6 Å². The number of aromatic nitrogens is 1. The summed E-state index contributed by atoms with van der Waals surface area (Å²) in [6, 6.07) is 18.0. The number of benzene rings is 2. The average molecular weight is 579 g/mol. The molecule has 0 fully saturated rings. The van der Waals surface area contributed by atoms with E-state index in [-0.39, 0.29) is 17.7 Å². The van der Waals surface area contributed by atoms with E-state index in [4.69, 9.17) is 13.9 Å². The second-order valence-electron chi connectivity index (χ2n) is 8.25. The minimum Gasteiger partial charge on any atom is -0.496 e. The predicted octanol–water partition coefficient (Wildman–Crippen LogP) is 4.83. The van der Waals surface area contributed by atoms with Crippen molar-refractivity contribution >= 4 is 39.3 Å². The smallest absolute Gasteiger partial charge is 0.338 e. The highest BCUT2D eigenvalue weighted by atomic mass is 79.9. The van der Waals surface area contributed by atoms with Crippen molar-refractivity contribution in [2.75, 3.05) is 13.7 Å². The highest BCUT2D eigenvalue weighted by molar-refractivity contribution is 9.10. The molecule has 0 aliphatic carbocycles. The number of rotatable bonds is 6. The van der Waals surface area contributed by atoms with Crippen LogP contribution in [0.4, 0.5) is 0 Å². The molecule has 5 rings (SSSR count). The summed E-state index contributed by atoms with van der Waals surface area (Å²) in [6.45, 7) is 3.68. The molecule has 0 saturated heterocycles. The number of hydrogen-bond acceptors (Lipinski definition) is 7. The number of halogens is 1. The van der Waals surface area contributed by atoms with Crippen LogP contribution >= 0.6 is 27.3 Å². The van der Waals surface area contributed by atoms with E-state index >= 15 is 0 Å². The second kappa shape index (κ2) is 10.4. The SMILES string of the molecule is CCOC(=O)C1=C(C)N=c2s/c(=C\c3ccccc3OC)c(=O)n2[C@@H]1c1ccc(-c2ccc(Br)cc2)o1. The summed E-state index contributed by atoms with van der Waals surface area (Å²) in [5.74, 6) is 1.18. The Morgan fingerprint density at radius 3 is 2.65 bits per heavy atom. The van der Waals surface area contributed by atoms with Gasteiger partial charge in [-0.05, 0) is 50.3 Å². The molecule has 0 bridgehead atoms. The minimum absolute atomic E-state index is 0.197. The quantitative estimate of drug-likeness (QED) is 0.306. The van der Waals surface area contributed by atoms with Gasteiger partial charge in [0, 0.05) is 15.6 Å². The molecule has 4 aromatic rings. The van der Waals surface area contributed by atoms with Crippen molar-refractivity contribution < 1.29 is 18.7 Å². The molecule has 0 radical (unpaired) electrons. The van der Waals surface area contributed by atoms with Gasteiger partial charge >= 0.3 is 5.97 Å². The lowest BCUT2D eigenvalue weighted by molar-refractivity contribution is -0.139. The lowest BCUT2D eigenvalue weighted by Crippen LogP contribution is -2.39. The molecule has 37 heavy (non-hydrogen) atoms. The number of nitrogens with zero attached hydrogens (tertiary/aromatic N) is 2. The van der Waals surface area contributed by atoms with Gasteiger partial charge in [-0.3, -0.25) is 9.36 Å². The largest absolute Gasteiger partial charge is 0.496 e. The van der Waals surface area contributed by atoms with Crippen molar-refractivity contribution in [2.45, 2.75) is 19.9 Å². The van der Waals surface area contributed by atoms with Crippen LogP contribution in [0.25, 0.3) is 17.4 Å². The number of thiazole rings is 1. The maximum atomic E-state index is 13.8. The standard InChI is InChI=1S/C28H23BrN2O5S/c1-4-35-27(33)24-16(2)30-28-31(26(32)23(37-28)15-18-7-5-6-8-20(18)34-3)25(24)22-14-13-21(36-22)17-9-11-19(29)12-10-17/h5-15,25H,4H2,1-3H3/b23-15-/t25-/m1/s1. The summed E-state index contributed by atoms with van der Waals surface area (Å²) in [4.78, 5) is 31.9. The Labute approximate surface area is 225 Å². The fraction of sp³-hybridized carbons (Fsp3) is 0.179. The summed E-state index contributed by atoms with van der Waals surface area (Å²) in [6.07, 6.45) is 1.78. The van der Waals surface area contributed by atoms with Gasteiger partial charge in [-0.15, -0.1) is 0 Å². The molecule has 0 saturated carbocycles. The first-order valence-corrected chi connectivity index (χ1v) is 13.2. The van der Waals surface area contributed by atoms with Gasteiger partial charge in [0.2, 0.25) is 0 Å². The fourth-order valence-corrected chi connectivity index (χ4v) is 5.56. The average Bonchev–Trinajstić information content (AvgIpc) is 3.49. The lowest BCUT2D eigenvalue weighted by Gasteiger charge is -2.22. The summed E-state index contributed by atoms with van der Waals surface area (Å²) in [5.41, 5.74) is 2.11. The molecule has 1 aliphatic rings. The van der Waals surface area contributed by atoms with Crippen LogP contribution in [-0.4, -0.2) is 24.3 Å². The molecule has 188 valence electrons. The Morgan fingerprint density at radius 2 is 1.92 bits per heavy atom. The normalized spacial score (nSPS) is 15.4. The zero-order chi connectivity index (χ0) is 26.1. The third-order valence-corrected chi connectivity index (χ3v) is 7.48. The summed E-state index contributed by atoms with van der Waals surface area (Å²) >= 11 is 4.70. The van der Waals surface area contributed by atoms with Gasteiger partial charge in [-0.1, -0.05) is 57.6 Å². The number of carbonyl (C=O) groups excluding carboxylic acids is 1. The molecule has 0 N–H and O–H groups in total. The second-order valence-corrected chi connectivity index (χ2v) is 10.2. The van der Waals surface area contributed by atoms with Crippen LogP contribution in [-0.2, 0) is 9.53 Å². The number of ether oxygens (including phenoxy) is 2. The molecule has 1 atom stereocenters. The number of para-hydroxylation sites is 1. The van der Waals surface area contributed by atoms with Crippen molar-refractivity contribution in [3.05, 3.63) is 107 Å². The Kier molecular flexibility index (Phi) is 6.99. The zero-order valence-electron chi connectivity index (χ0n) is 20.4. The monoisotopic (exact) mass is 578 g/mol. The van der Waals surface area contributed by atoms with Gasteiger partial charge in [0.25, 0.3) is 5.56 Å². The molecule has 2 aromatic heterocycles. The summed E-state index contributed by atoms with van der Waals surface area (Å²) in [7, 11) is 1.59. The lowest BCUT2D eigenvalue weighted by atomic mass is 10.0. The van der Waals surface area contributed by atoms with Crippen molar-refractivity contribution in [2.24, 2.45) is 4.99 Å². The van der Waals surface area contributed by atoms with Crippen molar-refractivity contribution in [1.82, 2.24) is 4.57 Å². The molecule has 0 spiro atoms. The molecule has 3 heterocycles. The third kappa shape index (κ3) is 4.72. The number of methoxy groups -OCH3 is 1. The fourth-order valence-electron chi connectivity index (χ4n) is 4.26. The summed E-state index contributed by atoms with van der Waals surface area (Å²) in [5, 5.41) is 0. The van der Waals surface area contributed by atoms with E-state index in [9.17, 15) is 9.59 Å². The van der Waals surface area contributed by atoms with Crippen LogP contribution in [0.2, 0.25) is 0 Å². The molecule has 7 nitrogen and oxygen atoms in total. The van der Waals surface area contributed by atoms with Gasteiger partial charge in [-0.2, -0.15) is 0 Å². The molecule has 0 unspecified atom stereocenters. The molecular weight excluding hydrogens is 556 g/mol. The van der Waals surface area contributed by atoms with Crippen LogP contribution in [0.1, 0.15) is 31.2 Å². The van der Waals surface area contributed by atoms with Gasteiger partial charge in [0.15, 0.2) is 4.80 Å². The third-order valence-electron chi connectivity index (χ3n) is 5.97. The first-order chi connectivity index (χ1) is 17.9. The highest BCUT2D eigenvalue weighted by Crippen LogP contribution is 2.34. The first-order valence-electron chi connectivity index (χ1n) is 11.6. The Balaban J connectivity index is 1.70. The number of carbonyl (C=O) groups is 1. The van der Waals surface area contributed by atoms with Crippen molar-refractivity contribution in [3.63, 3.8) is 0 Å². The maximum Gasteiger partial charge on any atom is 0.338 e. The number of allylic oxidation sites excluding steroid dienone is 1. The maximum absolute atomic E-state index is 13.8. The van der Waals surface area contributed by atoms with E-state index in [0.29, 0.717) is 32.3 Å². The van der Waals surface area contributed by atoms with E-state index in [1.165, 1.54) is 15.9 Å². The van der Waals surface area contributed by atoms with Crippen LogP contribution in [0.15, 0.2) is 90.6 Å². The van der Waals surface area contributed by atoms with Crippen molar-refractivity contribution in [1.29, 1.82) is 0 Å².